The van der Waals surface area contributed by atoms with Crippen LogP contribution in [-0.2, 0) is 6.61 Å². The average molecular weight is 369 g/mol. The van der Waals surface area contributed by atoms with Gasteiger partial charge < -0.3 is 4.84 Å². The van der Waals surface area contributed by atoms with Crippen LogP contribution in [0.5, 0.6) is 0 Å². The van der Waals surface area contributed by atoms with Gasteiger partial charge in [0.1, 0.15) is 12.1 Å². The molecule has 0 bridgehead atoms. The van der Waals surface area contributed by atoms with Crippen molar-refractivity contribution in [2.45, 2.75) is 6.61 Å². The highest BCUT2D eigenvalue weighted by Gasteiger charge is 2.16. The van der Waals surface area contributed by atoms with E-state index in [9.17, 15) is 0 Å². The largest absolute Gasteiger partial charge is 0.407 e. The number of halogens is 2. The van der Waals surface area contributed by atoms with Gasteiger partial charge in [0.2, 0.25) is 0 Å². The van der Waals surface area contributed by atoms with Crippen LogP contribution in [0.3, 0.4) is 0 Å². The predicted octanol–water partition coefficient (Wildman–Crippen LogP) is 5.64. The molecule has 4 rings (SSSR count). The van der Waals surface area contributed by atoms with E-state index in [4.69, 9.17) is 33.0 Å². The summed E-state index contributed by atoms with van der Waals surface area (Å²) in [5, 5.41) is 1.31. The van der Waals surface area contributed by atoms with Gasteiger partial charge in [0.25, 0.3) is 0 Å². The van der Waals surface area contributed by atoms with Crippen LogP contribution in [0, 0.1) is 0 Å². The van der Waals surface area contributed by atoms with Gasteiger partial charge in [-0.15, -0.1) is 0 Å². The van der Waals surface area contributed by atoms with Crippen molar-refractivity contribution >= 4 is 34.2 Å². The maximum Gasteiger partial charge on any atom is 0.178 e. The van der Waals surface area contributed by atoms with Crippen LogP contribution in [-0.4, -0.2) is 9.71 Å². The van der Waals surface area contributed by atoms with Crippen molar-refractivity contribution in [1.29, 1.82) is 0 Å². The topological polar surface area (TPSA) is 27.1 Å². The van der Waals surface area contributed by atoms with Crippen LogP contribution in [0.4, 0.5) is 0 Å². The molecule has 0 amide bonds. The number of para-hydroxylation sites is 2. The second-order valence-electron chi connectivity index (χ2n) is 5.60. The van der Waals surface area contributed by atoms with E-state index in [1.165, 1.54) is 0 Å². The van der Waals surface area contributed by atoms with E-state index in [-0.39, 0.29) is 0 Å². The molecule has 0 radical (unpaired) electrons. The molecule has 0 spiro atoms. The minimum absolute atomic E-state index is 0.373. The summed E-state index contributed by atoms with van der Waals surface area (Å²) in [5.41, 5.74) is 3.55. The zero-order chi connectivity index (χ0) is 17.2. The highest BCUT2D eigenvalue weighted by atomic mass is 35.5. The monoisotopic (exact) mass is 368 g/mol. The van der Waals surface area contributed by atoms with Gasteiger partial charge in [-0.3, -0.25) is 0 Å². The number of benzene rings is 3. The third kappa shape index (κ3) is 3.21. The highest BCUT2D eigenvalue weighted by molar-refractivity contribution is 6.33. The lowest BCUT2D eigenvalue weighted by Crippen LogP contribution is -2.12. The summed E-state index contributed by atoms with van der Waals surface area (Å²) in [5.74, 6) is 0.675. The van der Waals surface area contributed by atoms with Crippen molar-refractivity contribution in [1.82, 2.24) is 9.71 Å². The van der Waals surface area contributed by atoms with Crippen LogP contribution in [0.1, 0.15) is 5.56 Å². The molecule has 124 valence electrons. The summed E-state index contributed by atoms with van der Waals surface area (Å²) >= 11 is 12.4. The summed E-state index contributed by atoms with van der Waals surface area (Å²) in [4.78, 5) is 10.8. The fourth-order valence-corrected chi connectivity index (χ4v) is 3.15. The molecule has 0 atom stereocenters. The zero-order valence-corrected chi connectivity index (χ0v) is 14.7. The molecule has 0 saturated heterocycles. The zero-order valence-electron chi connectivity index (χ0n) is 13.2. The Morgan fingerprint density at radius 1 is 0.880 bits per heavy atom. The first-order valence-electron chi connectivity index (χ1n) is 7.82. The molecule has 0 fully saturated rings. The smallest absolute Gasteiger partial charge is 0.178 e. The Kier molecular flexibility index (Phi) is 4.35. The number of aromatic nitrogens is 2. The first-order chi connectivity index (χ1) is 12.2. The molecule has 0 aliphatic carbocycles. The fraction of sp³-hybridized carbons (Fsp3) is 0.0500. The number of hydrogen-bond donors (Lipinski definition) is 0. The number of imidazole rings is 1. The quantitative estimate of drug-likeness (QED) is 0.466. The third-order valence-corrected chi connectivity index (χ3v) is 4.45. The molecule has 0 unspecified atom stereocenters. The predicted molar refractivity (Wildman–Crippen MR) is 102 cm³/mol. The Morgan fingerprint density at radius 2 is 1.68 bits per heavy atom. The molecule has 1 aromatic heterocycles. The molecular weight excluding hydrogens is 355 g/mol. The summed E-state index contributed by atoms with van der Waals surface area (Å²) < 4.78 is 1.73. The van der Waals surface area contributed by atoms with E-state index < -0.39 is 0 Å². The van der Waals surface area contributed by atoms with Gasteiger partial charge >= 0.3 is 0 Å². The summed E-state index contributed by atoms with van der Waals surface area (Å²) in [6, 6.07) is 23.0. The maximum atomic E-state index is 6.37. The number of nitrogens with zero attached hydrogens (tertiary/aromatic N) is 2. The normalized spacial score (nSPS) is 11.0. The minimum atomic E-state index is 0.373. The Hall–Kier alpha value is -2.49. The standard InChI is InChI=1S/C20H14Cl2N2O/c21-15-7-5-6-14(12-15)13-25-24-19-11-4-3-10-18(19)23-20(24)16-8-1-2-9-17(16)22/h1-12H,13H2. The Balaban J connectivity index is 1.78. The molecular formula is C20H14Cl2N2O. The number of rotatable bonds is 4. The van der Waals surface area contributed by atoms with Crippen LogP contribution in [0.25, 0.3) is 22.4 Å². The van der Waals surface area contributed by atoms with Crippen LogP contribution in [0.2, 0.25) is 10.0 Å². The second kappa shape index (κ2) is 6.79. The van der Waals surface area contributed by atoms with Crippen molar-refractivity contribution in [2.75, 3.05) is 0 Å². The average Bonchev–Trinajstić information content (AvgIpc) is 2.99. The molecule has 0 aliphatic heterocycles. The number of fused-ring (bicyclic) bond motifs is 1. The summed E-state index contributed by atoms with van der Waals surface area (Å²) in [6.07, 6.45) is 0. The summed E-state index contributed by atoms with van der Waals surface area (Å²) in [7, 11) is 0. The molecule has 0 N–H and O–H groups in total. The van der Waals surface area contributed by atoms with Gasteiger partial charge in [0.15, 0.2) is 5.82 Å². The van der Waals surface area contributed by atoms with E-state index in [1.807, 2.05) is 72.8 Å². The minimum Gasteiger partial charge on any atom is -0.407 e. The molecule has 1 heterocycles. The maximum absolute atomic E-state index is 6.37. The van der Waals surface area contributed by atoms with Gasteiger partial charge in [-0.05, 0) is 42.0 Å². The van der Waals surface area contributed by atoms with Gasteiger partial charge in [-0.1, -0.05) is 59.6 Å². The Labute approximate surface area is 155 Å². The van der Waals surface area contributed by atoms with E-state index in [1.54, 1.807) is 4.73 Å². The molecule has 3 nitrogen and oxygen atoms in total. The summed E-state index contributed by atoms with van der Waals surface area (Å²) in [6.45, 7) is 0.373. The SMILES string of the molecule is Clc1cccc(COn2c(-c3ccccc3Cl)nc3ccccc32)c1. The van der Waals surface area contributed by atoms with Gasteiger partial charge in [0, 0.05) is 10.6 Å². The Morgan fingerprint density at radius 3 is 2.52 bits per heavy atom. The first kappa shape index (κ1) is 16.0. The molecule has 25 heavy (non-hydrogen) atoms. The lowest BCUT2D eigenvalue weighted by atomic mass is 10.2. The van der Waals surface area contributed by atoms with Crippen molar-refractivity contribution in [2.24, 2.45) is 0 Å². The third-order valence-electron chi connectivity index (χ3n) is 3.88. The van der Waals surface area contributed by atoms with E-state index in [0.717, 1.165) is 22.2 Å². The molecule has 5 heteroatoms. The van der Waals surface area contributed by atoms with Crippen LogP contribution < -0.4 is 4.84 Å². The van der Waals surface area contributed by atoms with E-state index in [0.29, 0.717) is 22.5 Å². The molecule has 0 saturated carbocycles. The highest BCUT2D eigenvalue weighted by Crippen LogP contribution is 2.29. The molecule has 4 aromatic rings. The molecule has 3 aromatic carbocycles. The van der Waals surface area contributed by atoms with E-state index >= 15 is 0 Å². The van der Waals surface area contributed by atoms with Gasteiger partial charge in [0.05, 0.1) is 10.5 Å². The van der Waals surface area contributed by atoms with Crippen LogP contribution in [0.15, 0.2) is 72.8 Å². The van der Waals surface area contributed by atoms with Gasteiger partial charge in [-0.25, -0.2) is 4.98 Å². The van der Waals surface area contributed by atoms with Gasteiger partial charge in [-0.2, -0.15) is 4.73 Å². The second-order valence-corrected chi connectivity index (χ2v) is 6.45. The lowest BCUT2D eigenvalue weighted by Gasteiger charge is -2.12. The first-order valence-corrected chi connectivity index (χ1v) is 8.58. The Bertz CT molecular complexity index is 1040. The number of hydrogen-bond acceptors (Lipinski definition) is 2. The van der Waals surface area contributed by atoms with Crippen molar-refractivity contribution in [3.63, 3.8) is 0 Å². The van der Waals surface area contributed by atoms with Crippen molar-refractivity contribution in [3.05, 3.63) is 88.4 Å². The van der Waals surface area contributed by atoms with Crippen LogP contribution >= 0.6 is 23.2 Å². The van der Waals surface area contributed by atoms with Crippen molar-refractivity contribution < 1.29 is 4.84 Å². The molecule has 0 aliphatic rings. The van der Waals surface area contributed by atoms with E-state index in [2.05, 4.69) is 0 Å². The van der Waals surface area contributed by atoms with Crippen molar-refractivity contribution in [3.8, 4) is 11.4 Å². The lowest BCUT2D eigenvalue weighted by molar-refractivity contribution is 0.110. The fourth-order valence-electron chi connectivity index (χ4n) is 2.71.